The molecule has 1 N–H and O–H groups in total. The van der Waals surface area contributed by atoms with Gasteiger partial charge in [0.15, 0.2) is 5.03 Å². The summed E-state index contributed by atoms with van der Waals surface area (Å²) in [5.41, 5.74) is 1.40. The Morgan fingerprint density at radius 2 is 2.06 bits per heavy atom. The van der Waals surface area contributed by atoms with Crippen LogP contribution in [0.3, 0.4) is 0 Å². The molecule has 0 fully saturated rings. The Morgan fingerprint density at radius 1 is 1.33 bits per heavy atom. The number of sulfonamides is 1. The third kappa shape index (κ3) is 2.14. The predicted octanol–water partition coefficient (Wildman–Crippen LogP) is 1.74. The summed E-state index contributed by atoms with van der Waals surface area (Å²) in [5, 5.41) is 4.55. The normalized spacial score (nSPS) is 11.7. The Morgan fingerprint density at radius 3 is 2.72 bits per heavy atom. The first-order valence-corrected chi connectivity index (χ1v) is 7.06. The lowest BCUT2D eigenvalue weighted by atomic mass is 10.2. The Kier molecular flexibility index (Phi) is 3.43. The summed E-state index contributed by atoms with van der Waals surface area (Å²) in [7, 11) is -2.22. The summed E-state index contributed by atoms with van der Waals surface area (Å²) >= 11 is 6.17. The van der Waals surface area contributed by atoms with Crippen LogP contribution >= 0.6 is 11.6 Å². The second-order valence-electron chi connectivity index (χ2n) is 3.70. The van der Waals surface area contributed by atoms with Gasteiger partial charge in [-0.2, -0.15) is 5.10 Å². The second-order valence-corrected chi connectivity index (χ2v) is 5.91. The lowest BCUT2D eigenvalue weighted by Crippen LogP contribution is -2.22. The Bertz CT molecular complexity index is 679. The summed E-state index contributed by atoms with van der Waals surface area (Å²) in [5.74, 6) is 0. The van der Waals surface area contributed by atoms with Crippen LogP contribution in [-0.2, 0) is 10.0 Å². The summed E-state index contributed by atoms with van der Waals surface area (Å²) in [6.45, 7) is 1.85. The fraction of sp³-hybridized carbons (Fsp3) is 0.182. The largest absolute Gasteiger partial charge is 0.257 e. The van der Waals surface area contributed by atoms with E-state index >= 15 is 0 Å². The third-order valence-corrected chi connectivity index (χ3v) is 4.44. The Labute approximate surface area is 110 Å². The number of nitrogens with one attached hydrogen (secondary N) is 1. The van der Waals surface area contributed by atoms with Crippen molar-refractivity contribution in [1.29, 1.82) is 0 Å². The van der Waals surface area contributed by atoms with Crippen LogP contribution in [0.4, 0.5) is 0 Å². The molecule has 2 rings (SSSR count). The highest BCUT2D eigenvalue weighted by molar-refractivity contribution is 7.89. The SMILES string of the molecule is CNS(=O)(=O)c1ccnn1-c1cccc(C)c1Cl. The maximum atomic E-state index is 11.8. The minimum Gasteiger partial charge on any atom is -0.219 e. The molecule has 0 saturated carbocycles. The van der Waals surface area contributed by atoms with Crippen molar-refractivity contribution in [3.05, 3.63) is 41.0 Å². The molecule has 0 radical (unpaired) electrons. The lowest BCUT2D eigenvalue weighted by Gasteiger charge is -2.10. The molecule has 1 aromatic heterocycles. The van der Waals surface area contributed by atoms with Gasteiger partial charge in [-0.1, -0.05) is 23.7 Å². The van der Waals surface area contributed by atoms with Crippen LogP contribution in [0.25, 0.3) is 5.69 Å². The fourth-order valence-electron chi connectivity index (χ4n) is 1.58. The molecule has 5 nitrogen and oxygen atoms in total. The first-order valence-electron chi connectivity index (χ1n) is 5.20. The first kappa shape index (κ1) is 13.1. The molecule has 0 saturated heterocycles. The highest BCUT2D eigenvalue weighted by Gasteiger charge is 2.19. The molecule has 1 heterocycles. The molecule has 7 heteroatoms. The van der Waals surface area contributed by atoms with Crippen LogP contribution in [0.15, 0.2) is 35.5 Å². The highest BCUT2D eigenvalue weighted by Crippen LogP contribution is 2.25. The van der Waals surface area contributed by atoms with Crippen LogP contribution in [0.2, 0.25) is 5.02 Å². The number of aryl methyl sites for hydroxylation is 1. The van der Waals surface area contributed by atoms with Gasteiger partial charge in [-0.05, 0) is 31.7 Å². The van der Waals surface area contributed by atoms with Crippen molar-refractivity contribution in [2.45, 2.75) is 11.9 Å². The number of nitrogens with zero attached hydrogens (tertiary/aromatic N) is 2. The summed E-state index contributed by atoms with van der Waals surface area (Å²) in [6.07, 6.45) is 1.42. The van der Waals surface area contributed by atoms with E-state index < -0.39 is 10.0 Å². The Hall–Kier alpha value is -1.37. The molecule has 0 amide bonds. The van der Waals surface area contributed by atoms with E-state index in [9.17, 15) is 8.42 Å². The highest BCUT2D eigenvalue weighted by atomic mass is 35.5. The summed E-state index contributed by atoms with van der Waals surface area (Å²) < 4.78 is 27.2. The van der Waals surface area contributed by atoms with E-state index in [1.54, 1.807) is 12.1 Å². The molecule has 0 aliphatic rings. The van der Waals surface area contributed by atoms with Gasteiger partial charge in [0.25, 0.3) is 10.0 Å². The molecule has 2 aromatic rings. The lowest BCUT2D eigenvalue weighted by molar-refractivity contribution is 0.578. The van der Waals surface area contributed by atoms with Gasteiger partial charge in [0.1, 0.15) is 0 Å². The summed E-state index contributed by atoms with van der Waals surface area (Å²) in [6, 6.07) is 6.79. The average molecular weight is 286 g/mol. The minimum absolute atomic E-state index is 0.0532. The number of aromatic nitrogens is 2. The number of hydrogen-bond acceptors (Lipinski definition) is 3. The van der Waals surface area contributed by atoms with Crippen molar-refractivity contribution in [3.63, 3.8) is 0 Å². The van der Waals surface area contributed by atoms with Gasteiger partial charge in [0.2, 0.25) is 0 Å². The number of benzene rings is 1. The molecule has 96 valence electrons. The van der Waals surface area contributed by atoms with E-state index in [1.165, 1.54) is 24.0 Å². The molecule has 0 atom stereocenters. The monoisotopic (exact) mass is 285 g/mol. The fourth-order valence-corrected chi connectivity index (χ4v) is 2.60. The average Bonchev–Trinajstić information content (AvgIpc) is 2.82. The maximum Gasteiger partial charge on any atom is 0.257 e. The van der Waals surface area contributed by atoms with E-state index in [2.05, 4.69) is 9.82 Å². The standard InChI is InChI=1S/C11H12ClN3O2S/c1-8-4-3-5-9(11(8)12)15-10(6-7-14-15)18(16,17)13-2/h3-7,13H,1-2H3. The van der Waals surface area contributed by atoms with Gasteiger partial charge in [-0.3, -0.25) is 0 Å². The molecule has 0 aliphatic heterocycles. The molecule has 18 heavy (non-hydrogen) atoms. The van der Waals surface area contributed by atoms with Crippen LogP contribution < -0.4 is 4.72 Å². The van der Waals surface area contributed by atoms with Gasteiger partial charge in [-0.15, -0.1) is 0 Å². The van der Waals surface area contributed by atoms with E-state index in [0.717, 1.165) is 5.56 Å². The van der Waals surface area contributed by atoms with Crippen LogP contribution in [-0.4, -0.2) is 25.2 Å². The van der Waals surface area contributed by atoms with Crippen molar-refractivity contribution in [3.8, 4) is 5.69 Å². The van der Waals surface area contributed by atoms with Crippen molar-refractivity contribution < 1.29 is 8.42 Å². The third-order valence-electron chi connectivity index (χ3n) is 2.55. The van der Waals surface area contributed by atoms with Gasteiger partial charge in [0, 0.05) is 0 Å². The van der Waals surface area contributed by atoms with Crippen molar-refractivity contribution in [2.24, 2.45) is 0 Å². The van der Waals surface area contributed by atoms with Crippen LogP contribution in [0, 0.1) is 6.92 Å². The first-order chi connectivity index (χ1) is 8.47. The second kappa shape index (κ2) is 4.72. The zero-order valence-corrected chi connectivity index (χ0v) is 11.5. The molecular formula is C11H12ClN3O2S. The number of hydrogen-bond donors (Lipinski definition) is 1. The Balaban J connectivity index is 2.67. The van der Waals surface area contributed by atoms with E-state index in [0.29, 0.717) is 10.7 Å². The van der Waals surface area contributed by atoms with E-state index in [-0.39, 0.29) is 5.03 Å². The van der Waals surface area contributed by atoms with Gasteiger partial charge < -0.3 is 0 Å². The van der Waals surface area contributed by atoms with Gasteiger partial charge >= 0.3 is 0 Å². The zero-order chi connectivity index (χ0) is 13.3. The molecule has 0 bridgehead atoms. The zero-order valence-electron chi connectivity index (χ0n) is 9.88. The number of halogens is 1. The topological polar surface area (TPSA) is 64.0 Å². The van der Waals surface area contributed by atoms with Crippen LogP contribution in [0.5, 0.6) is 0 Å². The smallest absolute Gasteiger partial charge is 0.219 e. The predicted molar refractivity (Wildman–Crippen MR) is 69.6 cm³/mol. The van der Waals surface area contributed by atoms with Gasteiger partial charge in [-0.25, -0.2) is 17.8 Å². The summed E-state index contributed by atoms with van der Waals surface area (Å²) in [4.78, 5) is 0. The van der Waals surface area contributed by atoms with E-state index in [4.69, 9.17) is 11.6 Å². The minimum atomic E-state index is -3.57. The quantitative estimate of drug-likeness (QED) is 0.934. The van der Waals surface area contributed by atoms with E-state index in [1.807, 2.05) is 13.0 Å². The van der Waals surface area contributed by atoms with Gasteiger partial charge in [0.05, 0.1) is 16.9 Å². The maximum absolute atomic E-state index is 11.8. The molecule has 0 unspecified atom stereocenters. The number of rotatable bonds is 3. The molecule has 1 aromatic carbocycles. The molecular weight excluding hydrogens is 274 g/mol. The van der Waals surface area contributed by atoms with Crippen molar-refractivity contribution in [1.82, 2.24) is 14.5 Å². The molecule has 0 aliphatic carbocycles. The van der Waals surface area contributed by atoms with Crippen molar-refractivity contribution >= 4 is 21.6 Å². The van der Waals surface area contributed by atoms with Crippen LogP contribution in [0.1, 0.15) is 5.56 Å². The van der Waals surface area contributed by atoms with Crippen molar-refractivity contribution in [2.75, 3.05) is 7.05 Å². The molecule has 0 spiro atoms.